The van der Waals surface area contributed by atoms with Crippen molar-refractivity contribution >= 4 is 0 Å². The zero-order valence-corrected chi connectivity index (χ0v) is 12.1. The number of hydrogen-bond donors (Lipinski definition) is 0. The molecule has 0 saturated carbocycles. The van der Waals surface area contributed by atoms with Gasteiger partial charge in [0.2, 0.25) is 17.6 Å². The van der Waals surface area contributed by atoms with Gasteiger partial charge in [0.05, 0.1) is 7.11 Å². The number of methoxy groups -OCH3 is 1. The van der Waals surface area contributed by atoms with E-state index in [9.17, 15) is 0 Å². The SMILES string of the molecule is COc1cc(-c2noc(C3CCn4ccnc4C3)n2)ccn1. The second-order valence-electron chi connectivity index (χ2n) is 5.27. The molecule has 0 fully saturated rings. The molecule has 112 valence electrons. The molecule has 0 amide bonds. The number of imidazole rings is 1. The molecule has 1 aliphatic rings. The third-order valence-corrected chi connectivity index (χ3v) is 3.94. The molecule has 0 radical (unpaired) electrons. The van der Waals surface area contributed by atoms with Crippen LogP contribution in [-0.2, 0) is 13.0 Å². The van der Waals surface area contributed by atoms with Crippen molar-refractivity contribution in [2.24, 2.45) is 0 Å². The minimum absolute atomic E-state index is 0.222. The lowest BCUT2D eigenvalue weighted by Crippen LogP contribution is -2.18. The number of nitrogens with zero attached hydrogens (tertiary/aromatic N) is 5. The van der Waals surface area contributed by atoms with E-state index in [1.54, 1.807) is 19.4 Å². The van der Waals surface area contributed by atoms with Crippen LogP contribution in [0.3, 0.4) is 0 Å². The first-order chi connectivity index (χ1) is 10.8. The first-order valence-corrected chi connectivity index (χ1v) is 7.17. The highest BCUT2D eigenvalue weighted by Gasteiger charge is 2.25. The van der Waals surface area contributed by atoms with Crippen molar-refractivity contribution in [1.82, 2.24) is 24.7 Å². The van der Waals surface area contributed by atoms with Crippen molar-refractivity contribution in [1.29, 1.82) is 0 Å². The molecule has 1 unspecified atom stereocenters. The van der Waals surface area contributed by atoms with Crippen molar-refractivity contribution in [2.75, 3.05) is 7.11 Å². The van der Waals surface area contributed by atoms with Crippen molar-refractivity contribution in [3.8, 4) is 17.3 Å². The smallest absolute Gasteiger partial charge is 0.230 e. The maximum absolute atomic E-state index is 5.46. The highest BCUT2D eigenvalue weighted by molar-refractivity contribution is 5.55. The van der Waals surface area contributed by atoms with Gasteiger partial charge in [-0.3, -0.25) is 0 Å². The maximum atomic E-state index is 5.46. The predicted octanol–water partition coefficient (Wildman–Crippen LogP) is 2.07. The Balaban J connectivity index is 1.59. The van der Waals surface area contributed by atoms with Crippen LogP contribution in [0.1, 0.15) is 24.1 Å². The van der Waals surface area contributed by atoms with Crippen molar-refractivity contribution in [2.45, 2.75) is 25.3 Å². The Morgan fingerprint density at radius 3 is 3.18 bits per heavy atom. The Hall–Kier alpha value is -2.70. The Kier molecular flexibility index (Phi) is 3.10. The van der Waals surface area contributed by atoms with Crippen LogP contribution < -0.4 is 4.74 Å². The predicted molar refractivity (Wildman–Crippen MR) is 77.4 cm³/mol. The van der Waals surface area contributed by atoms with Crippen LogP contribution in [0.2, 0.25) is 0 Å². The fraction of sp³-hybridized carbons (Fsp3) is 0.333. The highest BCUT2D eigenvalue weighted by atomic mass is 16.5. The summed E-state index contributed by atoms with van der Waals surface area (Å²) in [5.41, 5.74) is 0.833. The minimum atomic E-state index is 0.222. The van der Waals surface area contributed by atoms with Crippen LogP contribution in [-0.4, -0.2) is 31.8 Å². The molecular formula is C15H15N5O2. The molecular weight excluding hydrogens is 282 g/mol. The summed E-state index contributed by atoms with van der Waals surface area (Å²) in [4.78, 5) is 13.0. The lowest BCUT2D eigenvalue weighted by Gasteiger charge is -2.19. The Morgan fingerprint density at radius 2 is 2.27 bits per heavy atom. The van der Waals surface area contributed by atoms with Crippen LogP contribution in [0.4, 0.5) is 0 Å². The largest absolute Gasteiger partial charge is 0.481 e. The number of hydrogen-bond acceptors (Lipinski definition) is 6. The van der Waals surface area contributed by atoms with E-state index in [0.717, 1.165) is 30.8 Å². The molecule has 4 heterocycles. The van der Waals surface area contributed by atoms with Crippen molar-refractivity contribution in [3.63, 3.8) is 0 Å². The average Bonchev–Trinajstić information content (AvgIpc) is 3.23. The fourth-order valence-corrected chi connectivity index (χ4v) is 2.74. The molecule has 0 spiro atoms. The molecule has 0 aliphatic carbocycles. The number of fused-ring (bicyclic) bond motifs is 1. The number of rotatable bonds is 3. The quantitative estimate of drug-likeness (QED) is 0.736. The Labute approximate surface area is 127 Å². The second kappa shape index (κ2) is 5.25. The second-order valence-corrected chi connectivity index (χ2v) is 5.27. The molecule has 1 atom stereocenters. The summed E-state index contributed by atoms with van der Waals surface area (Å²) in [7, 11) is 1.58. The molecule has 0 aromatic carbocycles. The van der Waals surface area contributed by atoms with E-state index in [0.29, 0.717) is 17.6 Å². The molecule has 0 N–H and O–H groups in total. The summed E-state index contributed by atoms with van der Waals surface area (Å²) < 4.78 is 12.8. The van der Waals surface area contributed by atoms with Crippen LogP contribution in [0.5, 0.6) is 5.88 Å². The minimum Gasteiger partial charge on any atom is -0.481 e. The van der Waals surface area contributed by atoms with E-state index in [1.165, 1.54) is 0 Å². The van der Waals surface area contributed by atoms with Gasteiger partial charge >= 0.3 is 0 Å². The molecule has 1 aliphatic heterocycles. The van der Waals surface area contributed by atoms with Gasteiger partial charge in [-0.1, -0.05) is 5.16 Å². The van der Waals surface area contributed by atoms with Crippen LogP contribution in [0.15, 0.2) is 35.2 Å². The molecule has 3 aromatic rings. The zero-order valence-electron chi connectivity index (χ0n) is 12.1. The van der Waals surface area contributed by atoms with Gasteiger partial charge in [0.15, 0.2) is 0 Å². The van der Waals surface area contributed by atoms with E-state index in [2.05, 4.69) is 24.7 Å². The summed E-state index contributed by atoms with van der Waals surface area (Å²) in [6.07, 6.45) is 7.31. The Morgan fingerprint density at radius 1 is 1.32 bits per heavy atom. The van der Waals surface area contributed by atoms with Gasteiger partial charge < -0.3 is 13.8 Å². The number of aryl methyl sites for hydroxylation is 1. The summed E-state index contributed by atoms with van der Waals surface area (Å²) in [5, 5.41) is 4.08. The van der Waals surface area contributed by atoms with E-state index in [4.69, 9.17) is 9.26 Å². The summed E-state index contributed by atoms with van der Waals surface area (Å²) in [5.74, 6) is 3.05. The first-order valence-electron chi connectivity index (χ1n) is 7.17. The third-order valence-electron chi connectivity index (χ3n) is 3.94. The van der Waals surface area contributed by atoms with Gasteiger partial charge in [0.1, 0.15) is 5.82 Å². The Bertz CT molecular complexity index is 795. The lowest BCUT2D eigenvalue weighted by molar-refractivity contribution is 0.323. The van der Waals surface area contributed by atoms with E-state index >= 15 is 0 Å². The van der Waals surface area contributed by atoms with Crippen LogP contribution in [0, 0.1) is 0 Å². The maximum Gasteiger partial charge on any atom is 0.230 e. The van der Waals surface area contributed by atoms with E-state index in [-0.39, 0.29) is 5.92 Å². The molecule has 3 aromatic heterocycles. The summed E-state index contributed by atoms with van der Waals surface area (Å²) >= 11 is 0. The van der Waals surface area contributed by atoms with E-state index in [1.807, 2.05) is 18.5 Å². The first kappa shape index (κ1) is 13.0. The number of ether oxygens (including phenoxy) is 1. The van der Waals surface area contributed by atoms with Gasteiger partial charge in [0, 0.05) is 49.1 Å². The number of aromatic nitrogens is 5. The van der Waals surface area contributed by atoms with Gasteiger partial charge in [-0.05, 0) is 12.5 Å². The zero-order chi connectivity index (χ0) is 14.9. The average molecular weight is 297 g/mol. The molecule has 7 nitrogen and oxygen atoms in total. The molecule has 7 heteroatoms. The van der Waals surface area contributed by atoms with Crippen LogP contribution >= 0.6 is 0 Å². The number of pyridine rings is 1. The molecule has 22 heavy (non-hydrogen) atoms. The van der Waals surface area contributed by atoms with Gasteiger partial charge in [-0.2, -0.15) is 4.98 Å². The van der Waals surface area contributed by atoms with Gasteiger partial charge in [-0.25, -0.2) is 9.97 Å². The lowest BCUT2D eigenvalue weighted by atomic mass is 9.98. The summed E-state index contributed by atoms with van der Waals surface area (Å²) in [6, 6.07) is 3.63. The van der Waals surface area contributed by atoms with Crippen molar-refractivity contribution < 1.29 is 9.26 Å². The standard InChI is InChI=1S/C15H15N5O2/c1-21-13-9-10(2-4-17-13)14-18-15(22-19-14)11-3-6-20-7-5-16-12(20)8-11/h2,4-5,7,9,11H,3,6,8H2,1H3. The highest BCUT2D eigenvalue weighted by Crippen LogP contribution is 2.29. The fourth-order valence-electron chi connectivity index (χ4n) is 2.74. The van der Waals surface area contributed by atoms with Gasteiger partial charge in [0.25, 0.3) is 0 Å². The summed E-state index contributed by atoms with van der Waals surface area (Å²) in [6.45, 7) is 0.931. The third kappa shape index (κ3) is 2.24. The van der Waals surface area contributed by atoms with Crippen LogP contribution in [0.25, 0.3) is 11.4 Å². The monoisotopic (exact) mass is 297 g/mol. The van der Waals surface area contributed by atoms with Crippen molar-refractivity contribution in [3.05, 3.63) is 42.4 Å². The van der Waals surface area contributed by atoms with E-state index < -0.39 is 0 Å². The topological polar surface area (TPSA) is 78.9 Å². The molecule has 0 saturated heterocycles. The normalized spacial score (nSPS) is 17.2. The molecule has 0 bridgehead atoms. The van der Waals surface area contributed by atoms with Gasteiger partial charge in [-0.15, -0.1) is 0 Å². The molecule has 4 rings (SSSR count).